The lowest BCUT2D eigenvalue weighted by atomic mass is 10.1. The van der Waals surface area contributed by atoms with E-state index in [2.05, 4.69) is 30.6 Å². The topological polar surface area (TPSA) is 12.5 Å². The van der Waals surface area contributed by atoms with Gasteiger partial charge in [-0.05, 0) is 32.6 Å². The van der Waals surface area contributed by atoms with Gasteiger partial charge in [0.1, 0.15) is 6.10 Å². The predicted octanol–water partition coefficient (Wildman–Crippen LogP) is 2.54. The van der Waals surface area contributed by atoms with Gasteiger partial charge < -0.3 is 9.64 Å². The molecular weight excluding hydrogens is 198 g/mol. The Morgan fingerprint density at radius 1 is 1.25 bits per heavy atom. The first-order valence-electron chi connectivity index (χ1n) is 6.42. The summed E-state index contributed by atoms with van der Waals surface area (Å²) in [5.41, 5.74) is 0. The van der Waals surface area contributed by atoms with Crippen LogP contribution in [0.25, 0.3) is 0 Å². The third kappa shape index (κ3) is 5.01. The molecular formula is C14H25NO. The Morgan fingerprint density at radius 3 is 2.38 bits per heavy atom. The third-order valence-electron chi connectivity index (χ3n) is 2.90. The van der Waals surface area contributed by atoms with Crippen LogP contribution in [0.2, 0.25) is 0 Å². The van der Waals surface area contributed by atoms with E-state index in [0.717, 1.165) is 18.8 Å². The van der Waals surface area contributed by atoms with Crippen molar-refractivity contribution in [1.29, 1.82) is 0 Å². The van der Waals surface area contributed by atoms with Gasteiger partial charge in [-0.1, -0.05) is 19.8 Å². The summed E-state index contributed by atoms with van der Waals surface area (Å²) in [7, 11) is 0. The fourth-order valence-electron chi connectivity index (χ4n) is 2.27. The molecule has 2 nitrogen and oxygen atoms in total. The van der Waals surface area contributed by atoms with Crippen molar-refractivity contribution in [2.24, 2.45) is 5.92 Å². The molecule has 0 aromatic rings. The van der Waals surface area contributed by atoms with Gasteiger partial charge in [-0.2, -0.15) is 0 Å². The molecule has 0 saturated carbocycles. The fourth-order valence-corrected chi connectivity index (χ4v) is 2.27. The average Bonchev–Trinajstić information content (AvgIpc) is 2.20. The fraction of sp³-hybridized carbons (Fsp3) is 0.857. The molecule has 1 atom stereocenters. The number of piperidine rings is 1. The van der Waals surface area contributed by atoms with Gasteiger partial charge in [-0.3, -0.25) is 0 Å². The smallest absolute Gasteiger partial charge is 0.115 e. The lowest BCUT2D eigenvalue weighted by Crippen LogP contribution is -2.39. The van der Waals surface area contributed by atoms with Crippen LogP contribution in [0.4, 0.5) is 0 Å². The zero-order valence-electron chi connectivity index (χ0n) is 11.1. The molecule has 1 heterocycles. The molecule has 0 aromatic carbocycles. The molecule has 0 N–H and O–H groups in total. The largest absolute Gasteiger partial charge is 0.362 e. The molecule has 0 bridgehead atoms. The van der Waals surface area contributed by atoms with Gasteiger partial charge in [-0.15, -0.1) is 5.92 Å². The number of hydrogen-bond donors (Lipinski definition) is 0. The molecule has 0 spiro atoms. The zero-order valence-corrected chi connectivity index (χ0v) is 11.1. The first kappa shape index (κ1) is 13.5. The van der Waals surface area contributed by atoms with Crippen molar-refractivity contribution >= 4 is 0 Å². The van der Waals surface area contributed by atoms with E-state index in [0.29, 0.717) is 6.10 Å². The van der Waals surface area contributed by atoms with Crippen LogP contribution in [-0.2, 0) is 4.74 Å². The highest BCUT2D eigenvalue weighted by atomic mass is 16.5. The highest BCUT2D eigenvalue weighted by Crippen LogP contribution is 2.16. The van der Waals surface area contributed by atoms with Crippen LogP contribution < -0.4 is 0 Å². The second-order valence-electron chi connectivity index (χ2n) is 5.07. The number of nitrogens with zero attached hydrogens (tertiary/aromatic N) is 1. The molecule has 0 radical (unpaired) electrons. The first-order chi connectivity index (χ1) is 7.61. The Balaban J connectivity index is 2.23. The van der Waals surface area contributed by atoms with E-state index in [9.17, 15) is 0 Å². The van der Waals surface area contributed by atoms with Gasteiger partial charge in [-0.25, -0.2) is 0 Å². The van der Waals surface area contributed by atoms with Crippen LogP contribution in [0.5, 0.6) is 0 Å². The summed E-state index contributed by atoms with van der Waals surface area (Å²) in [5, 5.41) is 0. The van der Waals surface area contributed by atoms with E-state index >= 15 is 0 Å². The van der Waals surface area contributed by atoms with Crippen molar-refractivity contribution < 1.29 is 4.74 Å². The Labute approximate surface area is 100 Å². The molecule has 2 heteroatoms. The Bertz CT molecular complexity index is 243. The molecule has 0 amide bonds. The maximum atomic E-state index is 5.88. The molecule has 92 valence electrons. The number of hydrogen-bond acceptors (Lipinski definition) is 2. The SMILES string of the molecule is CC#CC(C)OC1CCN(CC(C)C)CC1. The van der Waals surface area contributed by atoms with Crippen molar-refractivity contribution in [2.75, 3.05) is 19.6 Å². The van der Waals surface area contributed by atoms with Gasteiger partial charge in [0, 0.05) is 19.6 Å². The second kappa shape index (κ2) is 6.93. The van der Waals surface area contributed by atoms with E-state index in [-0.39, 0.29) is 6.10 Å². The van der Waals surface area contributed by atoms with Crippen molar-refractivity contribution in [3.63, 3.8) is 0 Å². The summed E-state index contributed by atoms with van der Waals surface area (Å²) in [4.78, 5) is 2.54. The lowest BCUT2D eigenvalue weighted by molar-refractivity contribution is -0.0134. The van der Waals surface area contributed by atoms with Crippen LogP contribution >= 0.6 is 0 Å². The van der Waals surface area contributed by atoms with Crippen LogP contribution in [0, 0.1) is 17.8 Å². The van der Waals surface area contributed by atoms with E-state index in [4.69, 9.17) is 4.74 Å². The molecule has 1 saturated heterocycles. The zero-order chi connectivity index (χ0) is 12.0. The summed E-state index contributed by atoms with van der Waals surface area (Å²) in [6.07, 6.45) is 2.82. The molecule has 1 aliphatic heterocycles. The molecule has 0 aliphatic carbocycles. The average molecular weight is 223 g/mol. The number of ether oxygens (including phenoxy) is 1. The summed E-state index contributed by atoms with van der Waals surface area (Å²) >= 11 is 0. The monoisotopic (exact) mass is 223 g/mol. The Hall–Kier alpha value is -0.520. The van der Waals surface area contributed by atoms with Crippen molar-refractivity contribution in [1.82, 2.24) is 4.90 Å². The first-order valence-corrected chi connectivity index (χ1v) is 6.42. The molecule has 1 fully saturated rings. The van der Waals surface area contributed by atoms with Crippen LogP contribution in [0.1, 0.15) is 40.5 Å². The van der Waals surface area contributed by atoms with Gasteiger partial charge in [0.15, 0.2) is 0 Å². The standard InChI is InChI=1S/C14H25NO/c1-5-6-13(4)16-14-7-9-15(10-8-14)11-12(2)3/h12-14H,7-11H2,1-4H3. The van der Waals surface area contributed by atoms with Crippen LogP contribution in [0.3, 0.4) is 0 Å². The maximum absolute atomic E-state index is 5.88. The highest BCUT2D eigenvalue weighted by molar-refractivity contribution is 5.01. The third-order valence-corrected chi connectivity index (χ3v) is 2.90. The molecule has 1 aliphatic rings. The Kier molecular flexibility index (Phi) is 5.87. The van der Waals surface area contributed by atoms with Crippen molar-refractivity contribution in [3.8, 4) is 11.8 Å². The van der Waals surface area contributed by atoms with Gasteiger partial charge in [0.25, 0.3) is 0 Å². The minimum Gasteiger partial charge on any atom is -0.362 e. The second-order valence-corrected chi connectivity index (χ2v) is 5.07. The molecule has 0 aromatic heterocycles. The van der Waals surface area contributed by atoms with E-state index < -0.39 is 0 Å². The summed E-state index contributed by atoms with van der Waals surface area (Å²) < 4.78 is 5.88. The van der Waals surface area contributed by atoms with E-state index in [1.807, 2.05) is 13.8 Å². The quantitative estimate of drug-likeness (QED) is 0.679. The van der Waals surface area contributed by atoms with Crippen molar-refractivity contribution in [3.05, 3.63) is 0 Å². The normalized spacial score (nSPS) is 20.6. The number of rotatable bonds is 4. The highest BCUT2D eigenvalue weighted by Gasteiger charge is 2.21. The molecule has 1 unspecified atom stereocenters. The van der Waals surface area contributed by atoms with Gasteiger partial charge in [0.05, 0.1) is 6.10 Å². The molecule has 1 rings (SSSR count). The minimum absolute atomic E-state index is 0.0895. The van der Waals surface area contributed by atoms with Gasteiger partial charge >= 0.3 is 0 Å². The minimum atomic E-state index is 0.0895. The van der Waals surface area contributed by atoms with Crippen molar-refractivity contribution in [2.45, 2.75) is 52.7 Å². The summed E-state index contributed by atoms with van der Waals surface area (Å²) in [5.74, 6) is 6.72. The van der Waals surface area contributed by atoms with E-state index in [1.165, 1.54) is 19.6 Å². The van der Waals surface area contributed by atoms with E-state index in [1.54, 1.807) is 0 Å². The summed E-state index contributed by atoms with van der Waals surface area (Å²) in [6, 6.07) is 0. The number of likely N-dealkylation sites (tertiary alicyclic amines) is 1. The molecule has 16 heavy (non-hydrogen) atoms. The lowest BCUT2D eigenvalue weighted by Gasteiger charge is -2.33. The summed E-state index contributed by atoms with van der Waals surface area (Å²) in [6.45, 7) is 12.0. The predicted molar refractivity (Wildman–Crippen MR) is 68.3 cm³/mol. The van der Waals surface area contributed by atoms with Crippen LogP contribution in [-0.4, -0.2) is 36.7 Å². The van der Waals surface area contributed by atoms with Crippen LogP contribution in [0.15, 0.2) is 0 Å². The Morgan fingerprint density at radius 2 is 1.88 bits per heavy atom. The maximum Gasteiger partial charge on any atom is 0.115 e. The van der Waals surface area contributed by atoms with Gasteiger partial charge in [0.2, 0.25) is 0 Å².